The molecule has 1 aromatic heterocycles. The molecule has 0 radical (unpaired) electrons. The zero-order valence-corrected chi connectivity index (χ0v) is 21.1. The maximum atomic E-state index is 6.69. The summed E-state index contributed by atoms with van der Waals surface area (Å²) in [6, 6.07) is 8.32. The lowest BCUT2D eigenvalue weighted by Crippen LogP contribution is -2.45. The van der Waals surface area contributed by atoms with Crippen LogP contribution < -0.4 is 10.1 Å². The summed E-state index contributed by atoms with van der Waals surface area (Å²) in [6.07, 6.45) is 9.48. The smallest absolute Gasteiger partial charge is 0.247 e. The number of ether oxygens (including phenoxy) is 1. The molecule has 5 nitrogen and oxygen atoms in total. The summed E-state index contributed by atoms with van der Waals surface area (Å²) in [5.74, 6) is 3.18. The minimum absolute atomic E-state index is 0.133. The van der Waals surface area contributed by atoms with Crippen molar-refractivity contribution in [3.63, 3.8) is 0 Å². The van der Waals surface area contributed by atoms with Gasteiger partial charge in [-0.1, -0.05) is 75.7 Å². The number of hydrogen-bond acceptors (Lipinski definition) is 6. The van der Waals surface area contributed by atoms with Gasteiger partial charge in [-0.25, -0.2) is 0 Å². The first-order valence-electron chi connectivity index (χ1n) is 12.6. The molecule has 0 unspecified atom stereocenters. The fourth-order valence-electron chi connectivity index (χ4n) is 5.82. The van der Waals surface area contributed by atoms with Crippen LogP contribution in [-0.2, 0) is 0 Å². The number of benzene rings is 1. The minimum atomic E-state index is -0.133. The van der Waals surface area contributed by atoms with Crippen molar-refractivity contribution in [2.45, 2.75) is 77.6 Å². The van der Waals surface area contributed by atoms with Crippen molar-refractivity contribution >= 4 is 17.4 Å². The first kappa shape index (κ1) is 22.7. The number of rotatable bonds is 5. The Kier molecular flexibility index (Phi) is 6.39. The SMILES string of the molecule is CCCCSc1nnc2c(n1)O[C@H]([C@@H]1C[C@H]3C(=CCCC3(C)C)C[C@H]1C)Nc1ccccc1-2. The molecule has 1 aromatic carbocycles. The molecule has 3 aliphatic rings. The van der Waals surface area contributed by atoms with Gasteiger partial charge >= 0.3 is 0 Å². The monoisotopic (exact) mass is 464 g/mol. The summed E-state index contributed by atoms with van der Waals surface area (Å²) >= 11 is 1.67. The van der Waals surface area contributed by atoms with Crippen LogP contribution in [0.25, 0.3) is 11.3 Å². The first-order chi connectivity index (χ1) is 16.0. The number of aromatic nitrogens is 3. The summed E-state index contributed by atoms with van der Waals surface area (Å²) in [6.45, 7) is 9.48. The van der Waals surface area contributed by atoms with Crippen LogP contribution in [0.5, 0.6) is 5.88 Å². The summed E-state index contributed by atoms with van der Waals surface area (Å²) < 4.78 is 6.69. The number of nitrogens with one attached hydrogen (secondary N) is 1. The molecule has 1 aliphatic heterocycles. The van der Waals surface area contributed by atoms with Crippen LogP contribution in [0.15, 0.2) is 41.1 Å². The maximum Gasteiger partial charge on any atom is 0.247 e. The van der Waals surface area contributed by atoms with Crippen molar-refractivity contribution < 1.29 is 4.74 Å². The largest absolute Gasteiger partial charge is 0.452 e. The van der Waals surface area contributed by atoms with Crippen molar-refractivity contribution in [1.82, 2.24) is 15.2 Å². The van der Waals surface area contributed by atoms with Crippen molar-refractivity contribution in [2.75, 3.05) is 11.1 Å². The molecular formula is C27H36N4OS. The lowest BCUT2D eigenvalue weighted by Gasteiger charge is -2.48. The second-order valence-corrected chi connectivity index (χ2v) is 11.7. The fraction of sp³-hybridized carbons (Fsp3) is 0.593. The molecule has 2 heterocycles. The van der Waals surface area contributed by atoms with Crippen LogP contribution in [0, 0.1) is 23.2 Å². The molecule has 2 aliphatic carbocycles. The van der Waals surface area contributed by atoms with Gasteiger partial charge in [-0.2, -0.15) is 4.98 Å². The van der Waals surface area contributed by atoms with Crippen molar-refractivity contribution in [2.24, 2.45) is 23.2 Å². The summed E-state index contributed by atoms with van der Waals surface area (Å²) in [5.41, 5.74) is 4.82. The van der Waals surface area contributed by atoms with Gasteiger partial charge in [0, 0.05) is 22.9 Å². The van der Waals surface area contributed by atoms with Crippen LogP contribution in [-0.4, -0.2) is 27.2 Å². The average Bonchev–Trinajstić information content (AvgIpc) is 2.95. The molecular weight excluding hydrogens is 428 g/mol. The molecule has 1 N–H and O–H groups in total. The first-order valence-corrected chi connectivity index (χ1v) is 13.5. The molecule has 0 amide bonds. The number of allylic oxidation sites excluding steroid dienone is 2. The Morgan fingerprint density at radius 1 is 1.21 bits per heavy atom. The van der Waals surface area contributed by atoms with E-state index in [2.05, 4.69) is 67.5 Å². The number of hydrogen-bond donors (Lipinski definition) is 1. The number of para-hydroxylation sites is 1. The Morgan fingerprint density at radius 3 is 2.91 bits per heavy atom. The predicted octanol–water partition coefficient (Wildman–Crippen LogP) is 6.97. The van der Waals surface area contributed by atoms with Gasteiger partial charge in [-0.05, 0) is 55.4 Å². The molecule has 6 heteroatoms. The topological polar surface area (TPSA) is 59.9 Å². The maximum absolute atomic E-state index is 6.69. The highest BCUT2D eigenvalue weighted by atomic mass is 32.2. The Balaban J connectivity index is 1.48. The molecule has 176 valence electrons. The quantitative estimate of drug-likeness (QED) is 0.293. The van der Waals surface area contributed by atoms with Gasteiger partial charge in [0.1, 0.15) is 0 Å². The Bertz CT molecular complexity index is 1040. The van der Waals surface area contributed by atoms with Gasteiger partial charge in [0.15, 0.2) is 11.9 Å². The zero-order chi connectivity index (χ0) is 23.0. The molecule has 2 aromatic rings. The van der Waals surface area contributed by atoms with E-state index in [0.29, 0.717) is 34.2 Å². The van der Waals surface area contributed by atoms with Gasteiger partial charge < -0.3 is 10.1 Å². The highest BCUT2D eigenvalue weighted by molar-refractivity contribution is 7.99. The Morgan fingerprint density at radius 2 is 2.06 bits per heavy atom. The second kappa shape index (κ2) is 9.28. The molecule has 0 bridgehead atoms. The van der Waals surface area contributed by atoms with Gasteiger partial charge in [-0.15, -0.1) is 10.2 Å². The Hall–Kier alpha value is -2.08. The van der Waals surface area contributed by atoms with Crippen molar-refractivity contribution in [3.8, 4) is 17.1 Å². The van der Waals surface area contributed by atoms with Crippen LogP contribution in [0.2, 0.25) is 0 Å². The Labute approximate surface area is 202 Å². The van der Waals surface area contributed by atoms with E-state index >= 15 is 0 Å². The van der Waals surface area contributed by atoms with Gasteiger partial charge in [0.25, 0.3) is 0 Å². The van der Waals surface area contributed by atoms with Gasteiger partial charge in [-0.3, -0.25) is 0 Å². The molecule has 1 fully saturated rings. The van der Waals surface area contributed by atoms with E-state index in [4.69, 9.17) is 9.72 Å². The summed E-state index contributed by atoms with van der Waals surface area (Å²) in [4.78, 5) is 4.84. The average molecular weight is 465 g/mol. The number of fused-ring (bicyclic) bond motifs is 4. The molecule has 1 saturated carbocycles. The van der Waals surface area contributed by atoms with Crippen LogP contribution in [0.4, 0.5) is 5.69 Å². The van der Waals surface area contributed by atoms with E-state index in [1.165, 1.54) is 12.8 Å². The standard InChI is InChI=1S/C27H36N4OS/c1-5-6-14-33-26-29-25-23(30-31-26)19-11-7-8-12-22(19)28-24(32-25)20-16-21-18(15-17(20)2)10-9-13-27(21,3)4/h7-8,10-12,17,20-21,24,28H,5-6,9,13-16H2,1-4H3/t17-,20-,21+,24-/m1/s1. The third-order valence-corrected chi connectivity index (χ3v) is 8.78. The zero-order valence-electron chi connectivity index (χ0n) is 20.3. The molecule has 5 rings (SSSR count). The van der Waals surface area contributed by atoms with Gasteiger partial charge in [0.05, 0.1) is 0 Å². The number of anilines is 1. The summed E-state index contributed by atoms with van der Waals surface area (Å²) in [5, 5.41) is 13.4. The predicted molar refractivity (Wildman–Crippen MR) is 135 cm³/mol. The normalized spacial score (nSPS) is 27.7. The van der Waals surface area contributed by atoms with E-state index < -0.39 is 0 Å². The third kappa shape index (κ3) is 4.51. The van der Waals surface area contributed by atoms with Crippen LogP contribution >= 0.6 is 11.8 Å². The minimum Gasteiger partial charge on any atom is -0.452 e. The summed E-state index contributed by atoms with van der Waals surface area (Å²) in [7, 11) is 0. The lowest BCUT2D eigenvalue weighted by molar-refractivity contribution is 0.0519. The highest BCUT2D eigenvalue weighted by Gasteiger charge is 2.44. The van der Waals surface area contributed by atoms with E-state index in [1.807, 2.05) is 6.07 Å². The van der Waals surface area contributed by atoms with E-state index in [0.717, 1.165) is 48.4 Å². The number of unbranched alkanes of at least 4 members (excludes halogenated alkanes) is 1. The van der Waals surface area contributed by atoms with E-state index in [1.54, 1.807) is 17.3 Å². The van der Waals surface area contributed by atoms with E-state index in [-0.39, 0.29) is 6.23 Å². The van der Waals surface area contributed by atoms with Crippen LogP contribution in [0.1, 0.15) is 66.2 Å². The van der Waals surface area contributed by atoms with Crippen molar-refractivity contribution in [1.29, 1.82) is 0 Å². The third-order valence-electron chi connectivity index (χ3n) is 7.85. The number of nitrogens with zero attached hydrogens (tertiary/aromatic N) is 3. The van der Waals surface area contributed by atoms with Crippen molar-refractivity contribution in [3.05, 3.63) is 35.9 Å². The molecule has 4 atom stereocenters. The molecule has 33 heavy (non-hydrogen) atoms. The number of thioether (sulfide) groups is 1. The van der Waals surface area contributed by atoms with Crippen LogP contribution in [0.3, 0.4) is 0 Å². The van der Waals surface area contributed by atoms with E-state index in [9.17, 15) is 0 Å². The lowest BCUT2D eigenvalue weighted by atomic mass is 9.59. The highest BCUT2D eigenvalue weighted by Crippen LogP contribution is 2.52. The molecule has 0 spiro atoms. The molecule has 0 saturated heterocycles. The van der Waals surface area contributed by atoms with Gasteiger partial charge in [0.2, 0.25) is 11.0 Å². The fourth-order valence-corrected chi connectivity index (χ4v) is 6.69. The second-order valence-electron chi connectivity index (χ2n) is 10.6.